The quantitative estimate of drug-likeness (QED) is 0.401. The molecule has 2 aromatic rings. The van der Waals surface area contributed by atoms with Gasteiger partial charge in [-0.2, -0.15) is 13.2 Å². The predicted octanol–water partition coefficient (Wildman–Crippen LogP) is 4.86. The summed E-state index contributed by atoms with van der Waals surface area (Å²) in [5, 5.41) is 5.30. The van der Waals surface area contributed by atoms with Crippen molar-refractivity contribution >= 4 is 39.9 Å². The number of nitrogens with one attached hydrogen (secondary N) is 2. The molecule has 1 aliphatic heterocycles. The molecule has 3 rings (SSSR count). The Hall–Kier alpha value is -2.99. The molecule has 1 aliphatic rings. The topological polar surface area (TPSA) is 87.7 Å². The maximum absolute atomic E-state index is 14.0. The van der Waals surface area contributed by atoms with E-state index in [2.05, 4.69) is 31.3 Å². The third kappa shape index (κ3) is 8.90. The second-order valence-corrected chi connectivity index (χ2v) is 9.66. The molecule has 0 aromatic heterocycles. The molecule has 1 heterocycles. The summed E-state index contributed by atoms with van der Waals surface area (Å²) in [5.74, 6) is -2.32. The van der Waals surface area contributed by atoms with Crippen molar-refractivity contribution in [1.82, 2.24) is 10.2 Å². The van der Waals surface area contributed by atoms with Crippen molar-refractivity contribution < 1.29 is 36.7 Å². The highest BCUT2D eigenvalue weighted by atomic mass is 79.9. The Kier molecular flexibility index (Phi) is 10.00. The van der Waals surface area contributed by atoms with Crippen LogP contribution in [0.4, 0.5) is 23.2 Å². The van der Waals surface area contributed by atoms with E-state index in [1.807, 2.05) is 20.8 Å². The summed E-state index contributed by atoms with van der Waals surface area (Å²) in [6.07, 6.45) is -4.72. The summed E-state index contributed by atoms with van der Waals surface area (Å²) < 4.78 is 58.9. The van der Waals surface area contributed by atoms with Gasteiger partial charge in [-0.3, -0.25) is 14.4 Å². The Morgan fingerprint density at radius 1 is 1.08 bits per heavy atom. The molecule has 0 saturated carbocycles. The minimum atomic E-state index is -4.72. The number of carbonyl (C=O) groups is 3. The van der Waals surface area contributed by atoms with Gasteiger partial charge in [-0.25, -0.2) is 4.39 Å². The zero-order valence-electron chi connectivity index (χ0n) is 19.8. The number of carbonyl (C=O) groups excluding carboxylic acids is 3. The van der Waals surface area contributed by atoms with Crippen LogP contribution in [0.5, 0.6) is 0 Å². The van der Waals surface area contributed by atoms with Crippen molar-refractivity contribution in [2.24, 2.45) is 0 Å². The molecule has 0 aliphatic carbocycles. The summed E-state index contributed by atoms with van der Waals surface area (Å²) in [6, 6.07) is 6.33. The van der Waals surface area contributed by atoms with E-state index in [0.29, 0.717) is 43.2 Å². The van der Waals surface area contributed by atoms with Gasteiger partial charge in [0, 0.05) is 41.9 Å². The molecule has 0 unspecified atom stereocenters. The second-order valence-electron chi connectivity index (χ2n) is 8.74. The number of piperazine rings is 1. The molecule has 0 bridgehead atoms. The van der Waals surface area contributed by atoms with Crippen molar-refractivity contribution in [2.45, 2.75) is 32.5 Å². The molecule has 1 fully saturated rings. The molecular formula is C24H26BrF4N3O4. The van der Waals surface area contributed by atoms with Crippen LogP contribution in [-0.4, -0.2) is 55.0 Å². The van der Waals surface area contributed by atoms with E-state index in [0.717, 1.165) is 18.2 Å². The van der Waals surface area contributed by atoms with Crippen molar-refractivity contribution in [1.29, 1.82) is 0 Å². The van der Waals surface area contributed by atoms with Gasteiger partial charge in [0.1, 0.15) is 11.4 Å². The molecule has 2 amide bonds. The summed E-state index contributed by atoms with van der Waals surface area (Å²) >= 11 is 3.06. The zero-order chi connectivity index (χ0) is 27.1. The molecule has 1 saturated heterocycles. The number of anilines is 1. The summed E-state index contributed by atoms with van der Waals surface area (Å²) in [6.45, 7) is 7.72. The van der Waals surface area contributed by atoms with E-state index < -0.39 is 29.4 Å². The van der Waals surface area contributed by atoms with Gasteiger partial charge >= 0.3 is 6.18 Å². The van der Waals surface area contributed by atoms with Crippen molar-refractivity contribution in [2.75, 3.05) is 31.5 Å². The van der Waals surface area contributed by atoms with Crippen molar-refractivity contribution in [3.63, 3.8) is 0 Å². The largest absolute Gasteiger partial charge is 0.462 e. The number of hydrogen-bond donors (Lipinski definition) is 2. The van der Waals surface area contributed by atoms with Crippen molar-refractivity contribution in [3.8, 4) is 0 Å². The summed E-state index contributed by atoms with van der Waals surface area (Å²) in [7, 11) is 0. The van der Waals surface area contributed by atoms with Gasteiger partial charge in [0.15, 0.2) is 0 Å². The molecule has 0 spiro atoms. The monoisotopic (exact) mass is 575 g/mol. The molecule has 12 heteroatoms. The smallest absolute Gasteiger partial charge is 0.416 e. The fourth-order valence-corrected chi connectivity index (χ4v) is 3.39. The number of alkyl halides is 3. The van der Waals surface area contributed by atoms with E-state index in [1.165, 1.54) is 17.0 Å². The number of hydrogen-bond acceptors (Lipinski definition) is 5. The number of amides is 2. The van der Waals surface area contributed by atoms with Crippen LogP contribution >= 0.6 is 15.9 Å². The van der Waals surface area contributed by atoms with Crippen molar-refractivity contribution in [3.05, 3.63) is 63.4 Å². The van der Waals surface area contributed by atoms with Crippen LogP contribution in [0, 0.1) is 5.82 Å². The molecule has 196 valence electrons. The normalized spacial score (nSPS) is 13.8. The average molecular weight is 576 g/mol. The number of halogens is 5. The predicted molar refractivity (Wildman–Crippen MR) is 129 cm³/mol. The van der Waals surface area contributed by atoms with Gasteiger partial charge in [-0.05, 0) is 57.2 Å². The van der Waals surface area contributed by atoms with Crippen LogP contribution in [0.2, 0.25) is 0 Å². The second kappa shape index (κ2) is 12.3. The van der Waals surface area contributed by atoms with E-state index >= 15 is 0 Å². The third-order valence-corrected chi connectivity index (χ3v) is 5.24. The van der Waals surface area contributed by atoms with E-state index in [4.69, 9.17) is 0 Å². The first-order valence-corrected chi connectivity index (χ1v) is 11.6. The summed E-state index contributed by atoms with van der Waals surface area (Å²) in [4.78, 5) is 36.0. The molecule has 2 N–H and O–H groups in total. The lowest BCUT2D eigenvalue weighted by Gasteiger charge is -2.27. The maximum atomic E-state index is 14.0. The molecule has 7 nitrogen and oxygen atoms in total. The van der Waals surface area contributed by atoms with Gasteiger partial charge in [-0.1, -0.05) is 15.9 Å². The Morgan fingerprint density at radius 3 is 2.22 bits per heavy atom. The fraction of sp³-hybridized carbons (Fsp3) is 0.375. The minimum Gasteiger partial charge on any atom is -0.462 e. The van der Waals surface area contributed by atoms with Crippen LogP contribution < -0.4 is 10.6 Å². The SMILES string of the molecule is CC(C)(C)OC=O.O=C(Nc1cc(C(=O)N2CCNCC2)cc(C(F)(F)F)c1)c1ccc(Br)cc1F. The van der Waals surface area contributed by atoms with Gasteiger partial charge < -0.3 is 20.3 Å². The number of nitrogens with zero attached hydrogens (tertiary/aromatic N) is 1. The Bertz CT molecular complexity index is 1100. The van der Waals surface area contributed by atoms with Gasteiger partial charge in [0.05, 0.1) is 11.1 Å². The standard InChI is InChI=1S/C19H16BrF4N3O2.C5H10O2/c20-13-1-2-15(16(21)10-13)17(28)26-14-8-11(7-12(9-14)19(22,23)24)18(29)27-5-3-25-4-6-27;1-5(2,3)7-4-6/h1-2,7-10,25H,3-6H2,(H,26,28);4H,1-3H3. The highest BCUT2D eigenvalue weighted by Gasteiger charge is 2.33. The summed E-state index contributed by atoms with van der Waals surface area (Å²) in [5.41, 5.74) is -2.17. The Labute approximate surface area is 214 Å². The Balaban J connectivity index is 0.000000572. The van der Waals surface area contributed by atoms with Gasteiger partial charge in [0.25, 0.3) is 18.3 Å². The lowest BCUT2D eigenvalue weighted by atomic mass is 10.1. The molecule has 0 atom stereocenters. The van der Waals surface area contributed by atoms with E-state index in [-0.39, 0.29) is 22.4 Å². The molecule has 2 aromatic carbocycles. The van der Waals surface area contributed by atoms with Crippen LogP contribution in [0.1, 0.15) is 47.1 Å². The zero-order valence-corrected chi connectivity index (χ0v) is 21.4. The number of rotatable bonds is 4. The molecular weight excluding hydrogens is 550 g/mol. The lowest BCUT2D eigenvalue weighted by molar-refractivity contribution is -0.139. The number of ether oxygens (including phenoxy) is 1. The maximum Gasteiger partial charge on any atom is 0.416 e. The third-order valence-electron chi connectivity index (χ3n) is 4.75. The highest BCUT2D eigenvalue weighted by molar-refractivity contribution is 9.10. The first kappa shape index (κ1) is 29.2. The minimum absolute atomic E-state index is 0.201. The number of benzene rings is 2. The molecule has 36 heavy (non-hydrogen) atoms. The fourth-order valence-electron chi connectivity index (χ4n) is 3.05. The first-order chi connectivity index (χ1) is 16.7. The van der Waals surface area contributed by atoms with Gasteiger partial charge in [-0.15, -0.1) is 0 Å². The highest BCUT2D eigenvalue weighted by Crippen LogP contribution is 2.32. The molecule has 0 radical (unpaired) electrons. The first-order valence-electron chi connectivity index (χ1n) is 10.8. The van der Waals surface area contributed by atoms with Crippen LogP contribution in [-0.2, 0) is 15.7 Å². The van der Waals surface area contributed by atoms with Gasteiger partial charge in [0.2, 0.25) is 0 Å². The van der Waals surface area contributed by atoms with Crippen LogP contribution in [0.25, 0.3) is 0 Å². The lowest BCUT2D eigenvalue weighted by Crippen LogP contribution is -2.46. The van der Waals surface area contributed by atoms with Crippen LogP contribution in [0.15, 0.2) is 40.9 Å². The Morgan fingerprint density at radius 2 is 1.72 bits per heavy atom. The van der Waals surface area contributed by atoms with Crippen LogP contribution in [0.3, 0.4) is 0 Å². The van der Waals surface area contributed by atoms with E-state index in [9.17, 15) is 31.9 Å². The van der Waals surface area contributed by atoms with E-state index in [1.54, 1.807) is 0 Å². The average Bonchev–Trinajstić information content (AvgIpc) is 2.78.